The quantitative estimate of drug-likeness (QED) is 0.480. The Kier molecular flexibility index (Phi) is 9.05. The molecule has 3 amide bonds. The van der Waals surface area contributed by atoms with Gasteiger partial charge in [0, 0.05) is 17.8 Å². The summed E-state index contributed by atoms with van der Waals surface area (Å²) in [7, 11) is 0. The number of hydrogen-bond donors (Lipinski definition) is 3. The van der Waals surface area contributed by atoms with Crippen molar-refractivity contribution in [3.63, 3.8) is 0 Å². The van der Waals surface area contributed by atoms with E-state index in [9.17, 15) is 19.5 Å². The number of alkyl carbamates (subject to hydrolysis) is 1. The van der Waals surface area contributed by atoms with Crippen LogP contribution >= 0.6 is 0 Å². The van der Waals surface area contributed by atoms with Gasteiger partial charge in [0.25, 0.3) is 5.91 Å². The number of hydrogen-bond acceptors (Lipinski definition) is 5. The summed E-state index contributed by atoms with van der Waals surface area (Å²) in [5.41, 5.74) is 2.45. The van der Waals surface area contributed by atoms with Crippen LogP contribution in [0.4, 0.5) is 10.5 Å². The first-order chi connectivity index (χ1) is 16.4. The van der Waals surface area contributed by atoms with Crippen LogP contribution in [0.3, 0.4) is 0 Å². The molecule has 8 nitrogen and oxygen atoms in total. The fourth-order valence-electron chi connectivity index (χ4n) is 3.61. The maximum absolute atomic E-state index is 13.7. The summed E-state index contributed by atoms with van der Waals surface area (Å²) in [5, 5.41) is 16.2. The third-order valence-electron chi connectivity index (χ3n) is 5.28. The van der Waals surface area contributed by atoms with E-state index in [2.05, 4.69) is 17.2 Å². The highest BCUT2D eigenvalue weighted by atomic mass is 16.6. The number of amides is 3. The van der Waals surface area contributed by atoms with Gasteiger partial charge < -0.3 is 25.4 Å². The molecule has 0 saturated heterocycles. The van der Waals surface area contributed by atoms with Gasteiger partial charge in [-0.05, 0) is 58.2 Å². The van der Waals surface area contributed by atoms with Gasteiger partial charge in [0.15, 0.2) is 0 Å². The Hall–Kier alpha value is -3.81. The molecule has 0 aliphatic rings. The molecule has 1 unspecified atom stereocenters. The number of anilines is 1. The predicted octanol–water partition coefficient (Wildman–Crippen LogP) is 4.54. The minimum atomic E-state index is -1.18. The molecule has 8 heteroatoms. The molecule has 2 aromatic rings. The third kappa shape index (κ3) is 7.34. The van der Waals surface area contributed by atoms with Crippen LogP contribution in [0.15, 0.2) is 49.1 Å². The standard InChI is InChI=1S/C27H35N3O5/c1-8-15-30(21(31)16-28-26(34)35-27(5,6)7)23(20-14-10-13-19(4)24(20)32)25(33)29-22-17(2)11-9-12-18(22)3/h8-14,23,32H,1,15-16H2,2-7H3,(H,28,34)(H,29,33). The summed E-state index contributed by atoms with van der Waals surface area (Å²) in [6.45, 7) is 13.9. The molecule has 3 N–H and O–H groups in total. The summed E-state index contributed by atoms with van der Waals surface area (Å²) in [6, 6.07) is 9.47. The number of carbonyl (C=O) groups excluding carboxylic acids is 3. The zero-order valence-electron chi connectivity index (χ0n) is 21.3. The molecule has 35 heavy (non-hydrogen) atoms. The lowest BCUT2D eigenvalue weighted by Gasteiger charge is -2.31. The second kappa shape index (κ2) is 11.6. The molecular formula is C27H35N3O5. The Labute approximate surface area is 207 Å². The van der Waals surface area contributed by atoms with Crippen LogP contribution < -0.4 is 10.6 Å². The van der Waals surface area contributed by atoms with Gasteiger partial charge in [-0.25, -0.2) is 4.79 Å². The highest BCUT2D eigenvalue weighted by Gasteiger charge is 2.33. The smallest absolute Gasteiger partial charge is 0.408 e. The van der Waals surface area contributed by atoms with Crippen molar-refractivity contribution in [1.82, 2.24) is 10.2 Å². The van der Waals surface area contributed by atoms with Gasteiger partial charge in [-0.2, -0.15) is 0 Å². The van der Waals surface area contributed by atoms with E-state index in [0.29, 0.717) is 11.3 Å². The van der Waals surface area contributed by atoms with Crippen molar-refractivity contribution in [2.45, 2.75) is 53.2 Å². The fraction of sp³-hybridized carbons (Fsp3) is 0.370. The van der Waals surface area contributed by atoms with Crippen LogP contribution in [-0.4, -0.2) is 46.6 Å². The van der Waals surface area contributed by atoms with Crippen molar-refractivity contribution in [1.29, 1.82) is 0 Å². The average Bonchev–Trinajstić information content (AvgIpc) is 2.76. The molecule has 0 aliphatic heterocycles. The SMILES string of the molecule is C=CCN(C(=O)CNC(=O)OC(C)(C)C)C(C(=O)Nc1c(C)cccc1C)c1cccc(C)c1O. The van der Waals surface area contributed by atoms with Crippen molar-refractivity contribution in [3.05, 3.63) is 71.3 Å². The lowest BCUT2D eigenvalue weighted by atomic mass is 9.99. The molecule has 0 fully saturated rings. The normalized spacial score (nSPS) is 11.8. The van der Waals surface area contributed by atoms with Gasteiger partial charge in [0.1, 0.15) is 23.9 Å². The van der Waals surface area contributed by atoms with Gasteiger partial charge in [0.2, 0.25) is 5.91 Å². The number of phenols is 1. The first kappa shape index (κ1) is 27.4. The predicted molar refractivity (Wildman–Crippen MR) is 136 cm³/mol. The molecular weight excluding hydrogens is 446 g/mol. The fourth-order valence-corrected chi connectivity index (χ4v) is 3.61. The number of nitrogens with one attached hydrogen (secondary N) is 2. The molecule has 0 radical (unpaired) electrons. The molecule has 0 bridgehead atoms. The Morgan fingerprint density at radius 2 is 1.63 bits per heavy atom. The topological polar surface area (TPSA) is 108 Å². The van der Waals surface area contributed by atoms with E-state index in [-0.39, 0.29) is 17.9 Å². The first-order valence-corrected chi connectivity index (χ1v) is 11.4. The van der Waals surface area contributed by atoms with Crippen LogP contribution in [0.2, 0.25) is 0 Å². The van der Waals surface area contributed by atoms with E-state index in [4.69, 9.17) is 4.74 Å². The van der Waals surface area contributed by atoms with Crippen molar-refractivity contribution in [2.24, 2.45) is 0 Å². The van der Waals surface area contributed by atoms with Crippen LogP contribution in [-0.2, 0) is 14.3 Å². The highest BCUT2D eigenvalue weighted by Crippen LogP contribution is 2.33. The second-order valence-electron chi connectivity index (χ2n) is 9.36. The van der Waals surface area contributed by atoms with Crippen LogP contribution in [0.5, 0.6) is 5.75 Å². The number of rotatable bonds is 8. The summed E-state index contributed by atoms with van der Waals surface area (Å²) in [5.74, 6) is -1.13. The molecule has 0 heterocycles. The molecule has 2 aromatic carbocycles. The van der Waals surface area contributed by atoms with Crippen molar-refractivity contribution in [2.75, 3.05) is 18.4 Å². The van der Waals surface area contributed by atoms with E-state index in [1.54, 1.807) is 45.9 Å². The van der Waals surface area contributed by atoms with Crippen molar-refractivity contribution >= 4 is 23.6 Å². The van der Waals surface area contributed by atoms with Gasteiger partial charge in [-0.15, -0.1) is 6.58 Å². The second-order valence-corrected chi connectivity index (χ2v) is 9.36. The Bertz CT molecular complexity index is 1080. The van der Waals surface area contributed by atoms with Crippen LogP contribution in [0, 0.1) is 20.8 Å². The minimum absolute atomic E-state index is 0.00700. The van der Waals surface area contributed by atoms with Crippen LogP contribution in [0.25, 0.3) is 0 Å². The number of ether oxygens (including phenoxy) is 1. The van der Waals surface area contributed by atoms with Gasteiger partial charge in [0.05, 0.1) is 0 Å². The van der Waals surface area contributed by atoms with Crippen molar-refractivity contribution in [3.8, 4) is 5.75 Å². The van der Waals surface area contributed by atoms with E-state index in [1.807, 2.05) is 32.0 Å². The zero-order chi connectivity index (χ0) is 26.3. The Morgan fingerprint density at radius 1 is 1.06 bits per heavy atom. The average molecular weight is 482 g/mol. The highest BCUT2D eigenvalue weighted by molar-refractivity contribution is 5.99. The van der Waals surface area contributed by atoms with E-state index in [0.717, 1.165) is 11.1 Å². The summed E-state index contributed by atoms with van der Waals surface area (Å²) in [4.78, 5) is 40.3. The monoisotopic (exact) mass is 481 g/mol. The first-order valence-electron chi connectivity index (χ1n) is 11.4. The van der Waals surface area contributed by atoms with Gasteiger partial charge >= 0.3 is 6.09 Å². The molecule has 0 saturated carbocycles. The molecule has 0 aliphatic carbocycles. The Balaban J connectivity index is 2.44. The number of aromatic hydroxyl groups is 1. The maximum atomic E-state index is 13.7. The van der Waals surface area contributed by atoms with Crippen molar-refractivity contribution < 1.29 is 24.2 Å². The molecule has 2 rings (SSSR count). The van der Waals surface area contributed by atoms with Gasteiger partial charge in [-0.1, -0.05) is 42.5 Å². The zero-order valence-corrected chi connectivity index (χ0v) is 21.3. The van der Waals surface area contributed by atoms with Gasteiger partial charge in [-0.3, -0.25) is 9.59 Å². The lowest BCUT2D eigenvalue weighted by Crippen LogP contribution is -2.46. The van der Waals surface area contributed by atoms with E-state index in [1.165, 1.54) is 11.0 Å². The number of para-hydroxylation sites is 2. The third-order valence-corrected chi connectivity index (χ3v) is 5.28. The molecule has 0 aromatic heterocycles. The molecule has 0 spiro atoms. The summed E-state index contributed by atoms with van der Waals surface area (Å²) >= 11 is 0. The van der Waals surface area contributed by atoms with E-state index < -0.39 is 36.1 Å². The number of carbonyl (C=O) groups is 3. The number of nitrogens with zero attached hydrogens (tertiary/aromatic N) is 1. The number of benzene rings is 2. The van der Waals surface area contributed by atoms with E-state index >= 15 is 0 Å². The molecule has 188 valence electrons. The van der Waals surface area contributed by atoms with Crippen LogP contribution in [0.1, 0.15) is 49.1 Å². The Morgan fingerprint density at radius 3 is 2.20 bits per heavy atom. The minimum Gasteiger partial charge on any atom is -0.507 e. The summed E-state index contributed by atoms with van der Waals surface area (Å²) in [6.07, 6.45) is 0.733. The largest absolute Gasteiger partial charge is 0.507 e. The number of phenolic OH excluding ortho intramolecular Hbond substituents is 1. The maximum Gasteiger partial charge on any atom is 0.408 e. The number of aryl methyl sites for hydroxylation is 3. The molecule has 1 atom stereocenters. The lowest BCUT2D eigenvalue weighted by molar-refractivity contribution is -0.137. The summed E-state index contributed by atoms with van der Waals surface area (Å²) < 4.78 is 5.20.